The van der Waals surface area contributed by atoms with Gasteiger partial charge in [0.25, 0.3) is 10.0 Å². The number of halogens is 1. The van der Waals surface area contributed by atoms with Crippen LogP contribution in [0, 0.1) is 12.7 Å². The molecular formula is C22H20FNO4S. The van der Waals surface area contributed by atoms with Gasteiger partial charge in [0.1, 0.15) is 5.82 Å². The fourth-order valence-electron chi connectivity index (χ4n) is 3.04. The molecule has 0 saturated heterocycles. The molecule has 0 aromatic heterocycles. The van der Waals surface area contributed by atoms with Gasteiger partial charge in [-0.1, -0.05) is 36.4 Å². The third-order valence-corrected chi connectivity index (χ3v) is 6.10. The summed E-state index contributed by atoms with van der Waals surface area (Å²) < 4.78 is 41.0. The van der Waals surface area contributed by atoms with Gasteiger partial charge in [-0.15, -0.1) is 0 Å². The molecule has 7 heteroatoms. The molecule has 0 aliphatic heterocycles. The normalized spacial score (nSPS) is 11.2. The lowest BCUT2D eigenvalue weighted by atomic mass is 10.00. The lowest BCUT2D eigenvalue weighted by molar-refractivity contribution is 0.0695. The van der Waals surface area contributed by atoms with Gasteiger partial charge in [0.05, 0.1) is 10.5 Å². The van der Waals surface area contributed by atoms with Crippen molar-refractivity contribution in [2.45, 2.75) is 24.7 Å². The van der Waals surface area contributed by atoms with Crippen LogP contribution in [0.4, 0.5) is 10.1 Å². The Morgan fingerprint density at radius 2 is 1.69 bits per heavy atom. The average Bonchev–Trinajstić information content (AvgIpc) is 2.69. The summed E-state index contributed by atoms with van der Waals surface area (Å²) in [6.45, 7) is 1.60. The van der Waals surface area contributed by atoms with Crippen molar-refractivity contribution in [3.05, 3.63) is 94.8 Å². The van der Waals surface area contributed by atoms with Crippen LogP contribution in [0.2, 0.25) is 0 Å². The second-order valence-electron chi connectivity index (χ2n) is 6.67. The number of carboxylic acid groups (broad SMARTS) is 1. The highest BCUT2D eigenvalue weighted by molar-refractivity contribution is 7.92. The molecule has 0 aliphatic carbocycles. The van der Waals surface area contributed by atoms with Crippen molar-refractivity contribution in [2.75, 3.05) is 4.72 Å². The molecular weight excluding hydrogens is 393 g/mol. The lowest BCUT2D eigenvalue weighted by Gasteiger charge is -2.11. The quantitative estimate of drug-likeness (QED) is 0.601. The minimum absolute atomic E-state index is 0.105. The number of nitrogens with one attached hydrogen (secondary N) is 1. The fraction of sp³-hybridized carbons (Fsp3) is 0.136. The zero-order chi connectivity index (χ0) is 21.0. The summed E-state index contributed by atoms with van der Waals surface area (Å²) in [4.78, 5) is 11.2. The highest BCUT2D eigenvalue weighted by Gasteiger charge is 2.18. The van der Waals surface area contributed by atoms with Crippen molar-refractivity contribution in [1.82, 2.24) is 0 Å². The first-order chi connectivity index (χ1) is 13.8. The van der Waals surface area contributed by atoms with Gasteiger partial charge in [-0.05, 0) is 66.8 Å². The summed E-state index contributed by atoms with van der Waals surface area (Å²) >= 11 is 0. The van der Waals surface area contributed by atoms with Crippen molar-refractivity contribution in [2.24, 2.45) is 0 Å². The second-order valence-corrected chi connectivity index (χ2v) is 8.33. The van der Waals surface area contributed by atoms with Crippen LogP contribution in [-0.2, 0) is 22.9 Å². The molecule has 0 amide bonds. The Labute approximate surface area is 168 Å². The van der Waals surface area contributed by atoms with Crippen LogP contribution >= 0.6 is 0 Å². The summed E-state index contributed by atoms with van der Waals surface area (Å²) in [5.41, 5.74) is 2.78. The van der Waals surface area contributed by atoms with Crippen LogP contribution in [-0.4, -0.2) is 19.5 Å². The summed E-state index contributed by atoms with van der Waals surface area (Å²) in [7, 11) is -3.91. The van der Waals surface area contributed by atoms with Gasteiger partial charge in [-0.2, -0.15) is 0 Å². The molecule has 3 rings (SSSR count). The third kappa shape index (κ3) is 5.00. The molecule has 0 heterocycles. The Morgan fingerprint density at radius 3 is 2.38 bits per heavy atom. The number of aromatic carboxylic acids is 1. The van der Waals surface area contributed by atoms with Crippen molar-refractivity contribution in [3.8, 4) is 0 Å². The Balaban J connectivity index is 1.71. The predicted octanol–water partition coefficient (Wildman–Crippen LogP) is 4.42. The van der Waals surface area contributed by atoms with Gasteiger partial charge in [0, 0.05) is 5.69 Å². The zero-order valence-corrected chi connectivity index (χ0v) is 16.5. The van der Waals surface area contributed by atoms with Crippen LogP contribution in [0.3, 0.4) is 0 Å². The van der Waals surface area contributed by atoms with E-state index in [-0.39, 0.29) is 10.5 Å². The van der Waals surface area contributed by atoms with Crippen LogP contribution in [0.15, 0.2) is 71.6 Å². The first-order valence-corrected chi connectivity index (χ1v) is 10.4. The zero-order valence-electron chi connectivity index (χ0n) is 15.7. The Morgan fingerprint density at radius 1 is 1.00 bits per heavy atom. The minimum atomic E-state index is -3.91. The average molecular weight is 413 g/mol. The van der Waals surface area contributed by atoms with E-state index in [0.29, 0.717) is 24.1 Å². The van der Waals surface area contributed by atoms with E-state index >= 15 is 0 Å². The highest BCUT2D eigenvalue weighted by atomic mass is 32.2. The highest BCUT2D eigenvalue weighted by Crippen LogP contribution is 2.21. The van der Waals surface area contributed by atoms with Crippen molar-refractivity contribution in [1.29, 1.82) is 0 Å². The number of rotatable bonds is 7. The van der Waals surface area contributed by atoms with Crippen LogP contribution in [0.5, 0.6) is 0 Å². The van der Waals surface area contributed by atoms with Gasteiger partial charge in [-0.25, -0.2) is 17.6 Å². The van der Waals surface area contributed by atoms with Gasteiger partial charge < -0.3 is 5.11 Å². The van der Waals surface area contributed by atoms with E-state index < -0.39 is 21.8 Å². The van der Waals surface area contributed by atoms with E-state index in [2.05, 4.69) is 4.72 Å². The van der Waals surface area contributed by atoms with E-state index in [9.17, 15) is 22.7 Å². The molecule has 0 fully saturated rings. The maximum Gasteiger partial charge on any atom is 0.335 e. The van der Waals surface area contributed by atoms with Crippen LogP contribution in [0.1, 0.15) is 27.0 Å². The van der Waals surface area contributed by atoms with Gasteiger partial charge >= 0.3 is 5.97 Å². The molecule has 29 heavy (non-hydrogen) atoms. The van der Waals surface area contributed by atoms with Gasteiger partial charge in [0.2, 0.25) is 0 Å². The third-order valence-electron chi connectivity index (χ3n) is 4.58. The smallest absolute Gasteiger partial charge is 0.335 e. The monoisotopic (exact) mass is 413 g/mol. The maximum absolute atomic E-state index is 13.4. The maximum atomic E-state index is 13.4. The van der Waals surface area contributed by atoms with Crippen molar-refractivity contribution < 1.29 is 22.7 Å². The minimum Gasteiger partial charge on any atom is -0.478 e. The standard InChI is InChI=1S/C22H20FNO4S/c1-15-6-11-18(23)14-21(15)29(27,28)24-19-12-8-16(9-13-19)7-10-17-4-2-3-5-20(17)22(25)26/h2-6,8-9,11-14,24H,7,10H2,1H3,(H,25,26). The lowest BCUT2D eigenvalue weighted by Crippen LogP contribution is -2.14. The molecule has 0 unspecified atom stereocenters. The number of carboxylic acids is 1. The molecule has 5 nitrogen and oxygen atoms in total. The SMILES string of the molecule is Cc1ccc(F)cc1S(=O)(=O)Nc1ccc(CCc2ccccc2C(=O)O)cc1. The fourth-order valence-corrected chi connectivity index (χ4v) is 4.35. The molecule has 0 aliphatic rings. The number of hydrogen-bond acceptors (Lipinski definition) is 3. The molecule has 2 N–H and O–H groups in total. The largest absolute Gasteiger partial charge is 0.478 e. The molecule has 0 atom stereocenters. The summed E-state index contributed by atoms with van der Waals surface area (Å²) in [5.74, 6) is -1.58. The van der Waals surface area contributed by atoms with E-state index in [1.165, 1.54) is 12.1 Å². The van der Waals surface area contributed by atoms with Gasteiger partial charge in [0.15, 0.2) is 0 Å². The molecule has 0 spiro atoms. The molecule has 3 aromatic carbocycles. The number of carbonyl (C=O) groups is 1. The summed E-state index contributed by atoms with van der Waals surface area (Å²) in [6, 6.07) is 17.3. The first-order valence-electron chi connectivity index (χ1n) is 8.95. The van der Waals surface area contributed by atoms with Crippen molar-refractivity contribution in [3.63, 3.8) is 0 Å². The molecule has 0 radical (unpaired) electrons. The Hall–Kier alpha value is -3.19. The Bertz CT molecular complexity index is 1140. The van der Waals surface area contributed by atoms with Gasteiger partial charge in [-0.3, -0.25) is 4.72 Å². The molecule has 150 valence electrons. The number of benzene rings is 3. The second kappa shape index (κ2) is 8.45. The summed E-state index contributed by atoms with van der Waals surface area (Å²) in [5, 5.41) is 9.25. The van der Waals surface area contributed by atoms with E-state index in [1.54, 1.807) is 55.5 Å². The molecule has 3 aromatic rings. The van der Waals surface area contributed by atoms with E-state index in [4.69, 9.17) is 0 Å². The van der Waals surface area contributed by atoms with Crippen LogP contribution in [0.25, 0.3) is 0 Å². The summed E-state index contributed by atoms with van der Waals surface area (Å²) in [6.07, 6.45) is 1.16. The van der Waals surface area contributed by atoms with E-state index in [0.717, 1.165) is 17.2 Å². The first kappa shape index (κ1) is 20.5. The van der Waals surface area contributed by atoms with Crippen molar-refractivity contribution >= 4 is 21.7 Å². The number of sulfonamides is 1. The molecule has 0 bridgehead atoms. The number of hydrogen-bond donors (Lipinski definition) is 2. The topological polar surface area (TPSA) is 83.5 Å². The Kier molecular flexibility index (Phi) is 5.98. The van der Waals surface area contributed by atoms with E-state index in [1.807, 2.05) is 0 Å². The van der Waals surface area contributed by atoms with Crippen LogP contribution < -0.4 is 4.72 Å². The molecule has 0 saturated carbocycles. The predicted molar refractivity (Wildman–Crippen MR) is 109 cm³/mol. The number of anilines is 1. The number of aryl methyl sites for hydroxylation is 3.